The van der Waals surface area contributed by atoms with Crippen LogP contribution in [0.3, 0.4) is 0 Å². The second kappa shape index (κ2) is 9.94. The Labute approximate surface area is 203 Å². The zero-order valence-electron chi connectivity index (χ0n) is 16.9. The number of nitrogens with one attached hydrogen (secondary N) is 1. The number of hydrogen-bond donors (Lipinski definition) is 1. The fourth-order valence-electron chi connectivity index (χ4n) is 3.53. The first-order valence-electron chi connectivity index (χ1n) is 10.1. The molecule has 2 aliphatic heterocycles. The van der Waals surface area contributed by atoms with Gasteiger partial charge in [0.15, 0.2) is 11.3 Å². The maximum Gasteiger partial charge on any atom is 0.276 e. The average molecular weight is 540 g/mol. The number of amides is 1. The van der Waals surface area contributed by atoms with Gasteiger partial charge in [-0.2, -0.15) is 0 Å². The minimum absolute atomic E-state index is 0.199. The highest BCUT2D eigenvalue weighted by molar-refractivity contribution is 9.10. The van der Waals surface area contributed by atoms with E-state index in [1.807, 2.05) is 24.3 Å². The molecule has 0 spiro atoms. The number of thioether (sulfide) groups is 1. The predicted octanol–water partition coefficient (Wildman–Crippen LogP) is 5.21. The lowest BCUT2D eigenvalue weighted by atomic mass is 10.1. The second-order valence-electron chi connectivity index (χ2n) is 7.29. The van der Waals surface area contributed by atoms with Crippen molar-refractivity contribution in [3.63, 3.8) is 0 Å². The molecule has 9 heteroatoms. The molecule has 0 saturated carbocycles. The largest absolute Gasteiger partial charge is 0.298 e. The topological polar surface area (TPSA) is 57.1 Å². The number of amidine groups is 1. The molecule has 5 nitrogen and oxygen atoms in total. The summed E-state index contributed by atoms with van der Waals surface area (Å²) in [4.78, 5) is 18.1. The Morgan fingerprint density at radius 2 is 2.00 bits per heavy atom. The summed E-state index contributed by atoms with van der Waals surface area (Å²) in [6.07, 6.45) is 4.09. The molecule has 0 aliphatic carbocycles. The monoisotopic (exact) mass is 538 g/mol. The van der Waals surface area contributed by atoms with Gasteiger partial charge in [-0.05, 0) is 36.8 Å². The first-order valence-corrected chi connectivity index (χ1v) is 12.7. The van der Waals surface area contributed by atoms with E-state index in [2.05, 4.69) is 28.2 Å². The van der Waals surface area contributed by atoms with Gasteiger partial charge in [0.25, 0.3) is 5.91 Å². The molecular weight excluding hydrogens is 519 g/mol. The van der Waals surface area contributed by atoms with Crippen LogP contribution < -0.4 is 15.9 Å². The predicted molar refractivity (Wildman–Crippen MR) is 132 cm³/mol. The van der Waals surface area contributed by atoms with Gasteiger partial charge in [0, 0.05) is 31.1 Å². The van der Waals surface area contributed by atoms with Crippen molar-refractivity contribution in [1.82, 2.24) is 10.3 Å². The van der Waals surface area contributed by atoms with E-state index in [-0.39, 0.29) is 5.91 Å². The quantitative estimate of drug-likeness (QED) is 0.512. The molecule has 2 heterocycles. The molecule has 2 aliphatic rings. The van der Waals surface area contributed by atoms with E-state index in [0.29, 0.717) is 26.3 Å². The fraction of sp³-hybridized carbons (Fsp3) is 0.318. The van der Waals surface area contributed by atoms with Crippen molar-refractivity contribution >= 4 is 67.7 Å². The first kappa shape index (κ1) is 22.6. The van der Waals surface area contributed by atoms with E-state index >= 15 is 0 Å². The molecule has 2 aromatic carbocycles. The van der Waals surface area contributed by atoms with Crippen molar-refractivity contribution in [2.75, 3.05) is 5.75 Å². The van der Waals surface area contributed by atoms with Crippen LogP contribution in [0, 0.1) is 0 Å². The molecular formula is C22H21BrCl2N4OS. The number of nitrogens with zero attached hydrogens (tertiary/aromatic N) is 3. The number of unbranched alkanes of at least 4 members (excludes halogenated alkanes) is 3. The Morgan fingerprint density at radius 1 is 1.16 bits per heavy atom. The molecule has 4 rings (SSSR count). The van der Waals surface area contributed by atoms with E-state index < -0.39 is 6.17 Å². The molecule has 1 amide bonds. The summed E-state index contributed by atoms with van der Waals surface area (Å²) in [5, 5.41) is 12.4. The van der Waals surface area contributed by atoms with Crippen molar-refractivity contribution in [3.8, 4) is 0 Å². The second-order valence-corrected chi connectivity index (χ2v) is 10.1. The Morgan fingerprint density at radius 3 is 2.77 bits per heavy atom. The summed E-state index contributed by atoms with van der Waals surface area (Å²) in [6.45, 7) is 2.19. The molecule has 31 heavy (non-hydrogen) atoms. The smallest absolute Gasteiger partial charge is 0.276 e. The van der Waals surface area contributed by atoms with Crippen LogP contribution >= 0.6 is 50.9 Å². The summed E-state index contributed by atoms with van der Waals surface area (Å²) < 4.78 is 0.866. The third-order valence-electron chi connectivity index (χ3n) is 5.05. The summed E-state index contributed by atoms with van der Waals surface area (Å²) in [6, 6.07) is 11.0. The van der Waals surface area contributed by atoms with Crippen molar-refractivity contribution < 1.29 is 4.79 Å². The number of hydrogen-bond acceptors (Lipinski definition) is 5. The highest BCUT2D eigenvalue weighted by Gasteiger charge is 2.35. The van der Waals surface area contributed by atoms with Crippen molar-refractivity contribution in [1.29, 1.82) is 0 Å². The van der Waals surface area contributed by atoms with Crippen molar-refractivity contribution in [3.05, 3.63) is 67.1 Å². The van der Waals surface area contributed by atoms with Gasteiger partial charge < -0.3 is 0 Å². The lowest BCUT2D eigenvalue weighted by Gasteiger charge is -2.34. The molecule has 0 aromatic heterocycles. The normalized spacial score (nSPS) is 17.5. The summed E-state index contributed by atoms with van der Waals surface area (Å²) in [5.41, 5.74) is 1.19. The zero-order chi connectivity index (χ0) is 22.0. The summed E-state index contributed by atoms with van der Waals surface area (Å²) >= 11 is 17.7. The first-order chi connectivity index (χ1) is 15.0. The van der Waals surface area contributed by atoms with Crippen LogP contribution in [-0.4, -0.2) is 21.8 Å². The molecule has 1 atom stereocenters. The van der Waals surface area contributed by atoms with Crippen LogP contribution in [0.25, 0.3) is 5.70 Å². The van der Waals surface area contributed by atoms with Gasteiger partial charge in [0.1, 0.15) is 5.70 Å². The maximum atomic E-state index is 13.2. The van der Waals surface area contributed by atoms with Crippen LogP contribution in [0.1, 0.15) is 44.3 Å². The van der Waals surface area contributed by atoms with Crippen LogP contribution in [0.4, 0.5) is 0 Å². The zero-order valence-corrected chi connectivity index (χ0v) is 20.8. The van der Waals surface area contributed by atoms with Crippen LogP contribution in [-0.2, 0) is 4.79 Å². The van der Waals surface area contributed by atoms with Gasteiger partial charge >= 0.3 is 0 Å². The number of halogens is 3. The van der Waals surface area contributed by atoms with Crippen LogP contribution in [0.2, 0.25) is 10.0 Å². The number of hydrazone groups is 1. The third kappa shape index (κ3) is 4.95. The molecule has 0 bridgehead atoms. The minimum atomic E-state index is -0.560. The number of fused-ring (bicyclic) bond motifs is 2. The highest BCUT2D eigenvalue weighted by atomic mass is 79.9. The van der Waals surface area contributed by atoms with Gasteiger partial charge in [-0.1, -0.05) is 83.1 Å². The number of rotatable bonds is 6. The van der Waals surface area contributed by atoms with Crippen molar-refractivity contribution in [2.45, 2.75) is 38.8 Å². The minimum Gasteiger partial charge on any atom is -0.298 e. The molecule has 0 radical (unpaired) electrons. The van der Waals surface area contributed by atoms with E-state index in [1.165, 1.54) is 19.3 Å². The molecule has 162 valence electrons. The average Bonchev–Trinajstić information content (AvgIpc) is 2.73. The third-order valence-corrected chi connectivity index (χ3v) is 7.05. The fourth-order valence-corrected chi connectivity index (χ4v) is 5.25. The number of benzene rings is 2. The lowest BCUT2D eigenvalue weighted by molar-refractivity contribution is -0.116. The molecule has 0 saturated heterocycles. The van der Waals surface area contributed by atoms with Gasteiger partial charge in [0.05, 0.1) is 5.36 Å². The van der Waals surface area contributed by atoms with Crippen LogP contribution in [0.5, 0.6) is 0 Å². The molecule has 0 fully saturated rings. The summed E-state index contributed by atoms with van der Waals surface area (Å²) in [5.74, 6) is 0.698. The summed E-state index contributed by atoms with van der Waals surface area (Å²) in [7, 11) is 0. The van der Waals surface area contributed by atoms with Crippen LogP contribution in [0.15, 0.2) is 51.0 Å². The SMILES string of the molecule is CCCCCCSC1=NN2C(=c3cc(Br)ccc3=N[C@@H]2c2ccc(Cl)cc2Cl)C(=O)N1. The number of carbonyl (C=O) groups is 1. The van der Waals surface area contributed by atoms with E-state index in [0.717, 1.165) is 27.4 Å². The van der Waals surface area contributed by atoms with E-state index in [1.54, 1.807) is 28.9 Å². The molecule has 0 unspecified atom stereocenters. The molecule has 2 aromatic rings. The number of carbonyl (C=O) groups excluding carboxylic acids is 1. The Bertz CT molecular complexity index is 1170. The molecule has 1 N–H and O–H groups in total. The Hall–Kier alpha value is -1.54. The highest BCUT2D eigenvalue weighted by Crippen LogP contribution is 2.35. The van der Waals surface area contributed by atoms with E-state index in [4.69, 9.17) is 33.3 Å². The maximum absolute atomic E-state index is 13.2. The Kier molecular flexibility index (Phi) is 7.26. The standard InChI is InChI=1S/C22H21BrCl2N4OS/c1-2-3-4-5-10-31-22-27-21(30)19-16-11-13(23)6-9-18(16)26-20(29(19)28-22)15-8-7-14(24)12-17(15)25/h6-9,11-12,20H,2-5,10H2,1H3,(H,27,28,30)/t20-/m0/s1. The van der Waals surface area contributed by atoms with Gasteiger partial charge in [-0.15, -0.1) is 5.10 Å². The van der Waals surface area contributed by atoms with Gasteiger partial charge in [0.2, 0.25) is 0 Å². The van der Waals surface area contributed by atoms with Crippen molar-refractivity contribution in [2.24, 2.45) is 10.1 Å². The van der Waals surface area contributed by atoms with Gasteiger partial charge in [-0.25, -0.2) is 5.01 Å². The van der Waals surface area contributed by atoms with Gasteiger partial charge in [-0.3, -0.25) is 15.1 Å². The van der Waals surface area contributed by atoms with E-state index in [9.17, 15) is 4.79 Å². The lowest BCUT2D eigenvalue weighted by Crippen LogP contribution is -2.50. The Balaban J connectivity index is 1.77.